The summed E-state index contributed by atoms with van der Waals surface area (Å²) < 4.78 is 27.4. The summed E-state index contributed by atoms with van der Waals surface area (Å²) in [6.07, 6.45) is 0. The molecule has 0 fully saturated rings. The van der Waals surface area contributed by atoms with Crippen LogP contribution in [0.4, 0.5) is 8.78 Å². The van der Waals surface area contributed by atoms with Gasteiger partial charge in [-0.05, 0) is 35.2 Å². The summed E-state index contributed by atoms with van der Waals surface area (Å²) in [5, 5.41) is 1.16. The molecule has 0 nitrogen and oxygen atoms in total. The lowest BCUT2D eigenvalue weighted by molar-refractivity contribution is 0.507. The van der Waals surface area contributed by atoms with Gasteiger partial charge in [0.05, 0.1) is 4.83 Å². The molecular weight excluding hydrogens is 330 g/mol. The predicted octanol–water partition coefficient (Wildman–Crippen LogP) is 5.66. The van der Waals surface area contributed by atoms with Crippen molar-refractivity contribution in [1.82, 2.24) is 0 Å². The van der Waals surface area contributed by atoms with Gasteiger partial charge in [-0.25, -0.2) is 8.78 Å². The van der Waals surface area contributed by atoms with E-state index < -0.39 is 11.6 Å². The van der Waals surface area contributed by atoms with Crippen LogP contribution >= 0.6 is 27.3 Å². The number of hydrogen-bond acceptors (Lipinski definition) is 1. The molecule has 2 aromatic carbocycles. The van der Waals surface area contributed by atoms with Gasteiger partial charge in [0.1, 0.15) is 0 Å². The molecule has 96 valence electrons. The molecular formula is C15H9BrF2S. The topological polar surface area (TPSA) is 0 Å². The molecule has 0 aliphatic heterocycles. The van der Waals surface area contributed by atoms with Crippen molar-refractivity contribution in [3.05, 3.63) is 70.6 Å². The summed E-state index contributed by atoms with van der Waals surface area (Å²) in [6.45, 7) is 0. The Balaban J connectivity index is 2.02. The van der Waals surface area contributed by atoms with E-state index in [1.807, 2.05) is 18.2 Å². The molecule has 19 heavy (non-hydrogen) atoms. The van der Waals surface area contributed by atoms with Crippen LogP contribution < -0.4 is 0 Å². The number of rotatable bonds is 2. The second kappa shape index (κ2) is 5.02. The predicted molar refractivity (Wildman–Crippen MR) is 79.0 cm³/mol. The molecule has 0 spiro atoms. The van der Waals surface area contributed by atoms with Gasteiger partial charge >= 0.3 is 0 Å². The lowest BCUT2D eigenvalue weighted by atomic mass is 10.1. The second-order valence-corrected chi connectivity index (χ2v) is 6.25. The van der Waals surface area contributed by atoms with Crippen LogP contribution in [0, 0.1) is 11.6 Å². The number of thiophene rings is 1. The molecule has 0 aliphatic carbocycles. The van der Waals surface area contributed by atoms with E-state index in [0.29, 0.717) is 5.56 Å². The first-order valence-corrected chi connectivity index (χ1v) is 7.46. The summed E-state index contributed by atoms with van der Waals surface area (Å²) in [7, 11) is 0. The standard InChI is InChI=1S/C15H9BrF2S/c16-15(10-5-6-11(17)12(18)7-10)14-8-9-3-1-2-4-13(9)19-14/h1-8,15H. The summed E-state index contributed by atoms with van der Waals surface area (Å²) in [5.74, 6) is -1.64. The third-order valence-electron chi connectivity index (χ3n) is 2.93. The summed E-state index contributed by atoms with van der Waals surface area (Å²) in [4.78, 5) is 0.951. The Kier molecular flexibility index (Phi) is 3.37. The highest BCUT2D eigenvalue weighted by Gasteiger charge is 2.15. The largest absolute Gasteiger partial charge is 0.204 e. The molecule has 0 amide bonds. The third-order valence-corrected chi connectivity index (χ3v) is 5.44. The van der Waals surface area contributed by atoms with Gasteiger partial charge in [0, 0.05) is 9.58 Å². The average molecular weight is 339 g/mol. The van der Waals surface area contributed by atoms with Crippen LogP contribution in [0.2, 0.25) is 0 Å². The van der Waals surface area contributed by atoms with Crippen molar-refractivity contribution in [3.63, 3.8) is 0 Å². The number of hydrogen-bond donors (Lipinski definition) is 0. The lowest BCUT2D eigenvalue weighted by Gasteiger charge is -2.08. The van der Waals surface area contributed by atoms with Gasteiger partial charge in [0.25, 0.3) is 0 Å². The molecule has 3 rings (SSSR count). The van der Waals surface area contributed by atoms with Gasteiger partial charge in [-0.15, -0.1) is 11.3 Å². The van der Waals surface area contributed by atoms with E-state index in [1.54, 1.807) is 17.4 Å². The Morgan fingerprint density at radius 2 is 1.74 bits per heavy atom. The van der Waals surface area contributed by atoms with Crippen LogP contribution in [0.3, 0.4) is 0 Å². The van der Waals surface area contributed by atoms with Crippen LogP contribution in [0.5, 0.6) is 0 Å². The second-order valence-electron chi connectivity index (χ2n) is 4.22. The minimum atomic E-state index is -0.820. The molecule has 1 heterocycles. The zero-order valence-electron chi connectivity index (χ0n) is 9.74. The number of alkyl halides is 1. The van der Waals surface area contributed by atoms with Gasteiger partial charge < -0.3 is 0 Å². The highest BCUT2D eigenvalue weighted by Crippen LogP contribution is 2.38. The molecule has 0 saturated carbocycles. The first-order chi connectivity index (χ1) is 9.15. The Labute approximate surface area is 121 Å². The van der Waals surface area contributed by atoms with Crippen molar-refractivity contribution in [1.29, 1.82) is 0 Å². The van der Waals surface area contributed by atoms with Crippen molar-refractivity contribution in [2.75, 3.05) is 0 Å². The van der Waals surface area contributed by atoms with Crippen molar-refractivity contribution in [2.45, 2.75) is 4.83 Å². The summed E-state index contributed by atoms with van der Waals surface area (Å²) >= 11 is 5.20. The minimum absolute atomic E-state index is 0.125. The first-order valence-electron chi connectivity index (χ1n) is 5.72. The normalized spacial score (nSPS) is 12.8. The molecule has 1 unspecified atom stereocenters. The number of halogens is 3. The Morgan fingerprint density at radius 1 is 0.947 bits per heavy atom. The zero-order chi connectivity index (χ0) is 13.4. The van der Waals surface area contributed by atoms with Crippen molar-refractivity contribution >= 4 is 37.4 Å². The van der Waals surface area contributed by atoms with Crippen LogP contribution in [-0.4, -0.2) is 0 Å². The maximum absolute atomic E-state index is 13.3. The van der Waals surface area contributed by atoms with Crippen LogP contribution in [-0.2, 0) is 0 Å². The lowest BCUT2D eigenvalue weighted by Crippen LogP contribution is -1.92. The highest BCUT2D eigenvalue weighted by atomic mass is 79.9. The number of benzene rings is 2. The van der Waals surface area contributed by atoms with Crippen molar-refractivity contribution in [2.24, 2.45) is 0 Å². The summed E-state index contributed by atoms with van der Waals surface area (Å²) in [6, 6.07) is 14.1. The SMILES string of the molecule is Fc1ccc(C(Br)c2cc3ccccc3s2)cc1F. The zero-order valence-corrected chi connectivity index (χ0v) is 12.1. The fourth-order valence-electron chi connectivity index (χ4n) is 1.96. The highest BCUT2D eigenvalue weighted by molar-refractivity contribution is 9.09. The minimum Gasteiger partial charge on any atom is -0.204 e. The van der Waals surface area contributed by atoms with Crippen molar-refractivity contribution < 1.29 is 8.78 Å². The molecule has 0 aliphatic rings. The smallest absolute Gasteiger partial charge is 0.159 e. The van der Waals surface area contributed by atoms with Gasteiger partial charge in [-0.2, -0.15) is 0 Å². The molecule has 1 aromatic heterocycles. The van der Waals surface area contributed by atoms with E-state index >= 15 is 0 Å². The first kappa shape index (κ1) is 12.8. The number of fused-ring (bicyclic) bond motifs is 1. The van der Waals surface area contributed by atoms with Gasteiger partial charge in [-0.1, -0.05) is 40.2 Å². The summed E-state index contributed by atoms with van der Waals surface area (Å²) in [5.41, 5.74) is 0.713. The molecule has 0 bridgehead atoms. The third kappa shape index (κ3) is 2.42. The average Bonchev–Trinajstić information content (AvgIpc) is 2.85. The molecule has 4 heteroatoms. The molecule has 1 atom stereocenters. The van der Waals surface area contributed by atoms with E-state index in [1.165, 1.54) is 10.8 Å². The maximum Gasteiger partial charge on any atom is 0.159 e. The molecule has 0 N–H and O–H groups in total. The van der Waals surface area contributed by atoms with E-state index in [-0.39, 0.29) is 4.83 Å². The Bertz CT molecular complexity index is 703. The Morgan fingerprint density at radius 3 is 2.47 bits per heavy atom. The van der Waals surface area contributed by atoms with Gasteiger partial charge in [0.2, 0.25) is 0 Å². The van der Waals surface area contributed by atoms with Crippen molar-refractivity contribution in [3.8, 4) is 0 Å². The molecule has 3 aromatic rings. The van der Waals surface area contributed by atoms with E-state index in [0.717, 1.165) is 16.3 Å². The van der Waals surface area contributed by atoms with E-state index in [4.69, 9.17) is 0 Å². The van der Waals surface area contributed by atoms with Crippen LogP contribution in [0.1, 0.15) is 15.3 Å². The monoisotopic (exact) mass is 338 g/mol. The molecule has 0 saturated heterocycles. The van der Waals surface area contributed by atoms with Crippen LogP contribution in [0.15, 0.2) is 48.5 Å². The van der Waals surface area contributed by atoms with Crippen LogP contribution in [0.25, 0.3) is 10.1 Å². The fraction of sp³-hybridized carbons (Fsp3) is 0.0667. The fourth-order valence-corrected chi connectivity index (χ4v) is 3.73. The Hall–Kier alpha value is -1.26. The van der Waals surface area contributed by atoms with Gasteiger partial charge in [-0.3, -0.25) is 0 Å². The van der Waals surface area contributed by atoms with Gasteiger partial charge in [0.15, 0.2) is 11.6 Å². The molecule has 0 radical (unpaired) electrons. The quantitative estimate of drug-likeness (QED) is 0.528. The maximum atomic E-state index is 13.3. The van der Waals surface area contributed by atoms with E-state index in [9.17, 15) is 8.78 Å². The van der Waals surface area contributed by atoms with E-state index in [2.05, 4.69) is 28.1 Å².